The number of aromatic amines is 1. The van der Waals surface area contributed by atoms with Crippen molar-refractivity contribution in [3.8, 4) is 0 Å². The van der Waals surface area contributed by atoms with Crippen molar-refractivity contribution in [2.75, 3.05) is 11.9 Å². The van der Waals surface area contributed by atoms with Gasteiger partial charge in [0.15, 0.2) is 0 Å². The summed E-state index contributed by atoms with van der Waals surface area (Å²) in [7, 11) is 0. The standard InChI is InChI=1S/C13H16N2O3/c16-9(5-6-13(17)18)7-14-12-8-15-11-4-2-1-3-10(11)12/h1-4,8-9,14-16H,5-7H2,(H,17,18). The Morgan fingerprint density at radius 3 is 2.94 bits per heavy atom. The molecule has 0 saturated heterocycles. The highest BCUT2D eigenvalue weighted by Gasteiger charge is 2.08. The van der Waals surface area contributed by atoms with Crippen molar-refractivity contribution in [1.82, 2.24) is 4.98 Å². The van der Waals surface area contributed by atoms with E-state index in [1.54, 1.807) is 0 Å². The quantitative estimate of drug-likeness (QED) is 0.628. The molecule has 0 radical (unpaired) electrons. The van der Waals surface area contributed by atoms with Crippen LogP contribution in [0.3, 0.4) is 0 Å². The van der Waals surface area contributed by atoms with Gasteiger partial charge in [0.2, 0.25) is 0 Å². The zero-order valence-corrected chi connectivity index (χ0v) is 9.89. The number of para-hydroxylation sites is 1. The average molecular weight is 248 g/mol. The predicted molar refractivity (Wildman–Crippen MR) is 69.7 cm³/mol. The number of anilines is 1. The molecule has 1 aromatic heterocycles. The van der Waals surface area contributed by atoms with Crippen LogP contribution < -0.4 is 5.32 Å². The first-order valence-corrected chi connectivity index (χ1v) is 5.86. The van der Waals surface area contributed by atoms with E-state index in [0.717, 1.165) is 16.6 Å². The third kappa shape index (κ3) is 3.01. The van der Waals surface area contributed by atoms with Crippen molar-refractivity contribution in [3.63, 3.8) is 0 Å². The number of nitrogens with one attached hydrogen (secondary N) is 2. The van der Waals surface area contributed by atoms with Crippen LogP contribution in [-0.2, 0) is 4.79 Å². The van der Waals surface area contributed by atoms with Gasteiger partial charge in [-0.2, -0.15) is 0 Å². The Morgan fingerprint density at radius 1 is 1.39 bits per heavy atom. The largest absolute Gasteiger partial charge is 0.481 e. The topological polar surface area (TPSA) is 85.3 Å². The number of aliphatic hydroxyl groups excluding tert-OH is 1. The smallest absolute Gasteiger partial charge is 0.303 e. The van der Waals surface area contributed by atoms with Crippen LogP contribution in [0.25, 0.3) is 10.9 Å². The number of rotatable bonds is 6. The maximum atomic E-state index is 10.4. The highest BCUT2D eigenvalue weighted by atomic mass is 16.4. The fraction of sp³-hybridized carbons (Fsp3) is 0.308. The van der Waals surface area contributed by atoms with Crippen molar-refractivity contribution in [2.24, 2.45) is 0 Å². The molecule has 2 rings (SSSR count). The van der Waals surface area contributed by atoms with E-state index in [-0.39, 0.29) is 12.8 Å². The third-order valence-electron chi connectivity index (χ3n) is 2.81. The van der Waals surface area contributed by atoms with E-state index in [4.69, 9.17) is 5.11 Å². The van der Waals surface area contributed by atoms with Crippen molar-refractivity contribution in [3.05, 3.63) is 30.5 Å². The molecular weight excluding hydrogens is 232 g/mol. The molecule has 5 nitrogen and oxygen atoms in total. The van der Waals surface area contributed by atoms with Gasteiger partial charge in [-0.1, -0.05) is 18.2 Å². The summed E-state index contributed by atoms with van der Waals surface area (Å²) >= 11 is 0. The molecule has 0 aliphatic carbocycles. The zero-order chi connectivity index (χ0) is 13.0. The lowest BCUT2D eigenvalue weighted by Crippen LogP contribution is -2.20. The van der Waals surface area contributed by atoms with Gasteiger partial charge >= 0.3 is 5.97 Å². The lowest BCUT2D eigenvalue weighted by atomic mass is 10.2. The van der Waals surface area contributed by atoms with Crippen LogP contribution in [0.1, 0.15) is 12.8 Å². The molecule has 1 aromatic carbocycles. The van der Waals surface area contributed by atoms with E-state index in [2.05, 4.69) is 10.3 Å². The van der Waals surface area contributed by atoms with Gasteiger partial charge in [-0.25, -0.2) is 0 Å². The number of benzene rings is 1. The van der Waals surface area contributed by atoms with E-state index in [1.807, 2.05) is 30.5 Å². The van der Waals surface area contributed by atoms with Crippen LogP contribution in [0.5, 0.6) is 0 Å². The first-order chi connectivity index (χ1) is 8.66. The maximum absolute atomic E-state index is 10.4. The number of aliphatic hydroxyl groups is 1. The number of aliphatic carboxylic acids is 1. The second-order valence-corrected chi connectivity index (χ2v) is 4.22. The Hall–Kier alpha value is -2.01. The predicted octanol–water partition coefficient (Wildman–Crippen LogP) is 1.81. The summed E-state index contributed by atoms with van der Waals surface area (Å²) in [6, 6.07) is 7.85. The second-order valence-electron chi connectivity index (χ2n) is 4.22. The number of carboxylic acid groups (broad SMARTS) is 1. The normalized spacial score (nSPS) is 12.5. The fourth-order valence-electron chi connectivity index (χ4n) is 1.84. The van der Waals surface area contributed by atoms with Crippen LogP contribution >= 0.6 is 0 Å². The van der Waals surface area contributed by atoms with E-state index in [9.17, 15) is 9.90 Å². The number of carbonyl (C=O) groups is 1. The minimum atomic E-state index is -0.888. The molecule has 4 N–H and O–H groups in total. The number of hydrogen-bond donors (Lipinski definition) is 4. The number of fused-ring (bicyclic) bond motifs is 1. The zero-order valence-electron chi connectivity index (χ0n) is 9.89. The van der Waals surface area contributed by atoms with E-state index in [0.29, 0.717) is 6.54 Å². The molecule has 0 amide bonds. The Labute approximate surface area is 104 Å². The van der Waals surface area contributed by atoms with Gasteiger partial charge in [0.05, 0.1) is 11.8 Å². The Kier molecular flexibility index (Phi) is 3.84. The highest BCUT2D eigenvalue weighted by Crippen LogP contribution is 2.22. The lowest BCUT2D eigenvalue weighted by molar-refractivity contribution is -0.137. The van der Waals surface area contributed by atoms with Crippen LogP contribution in [-0.4, -0.2) is 33.8 Å². The summed E-state index contributed by atoms with van der Waals surface area (Å²) in [5.74, 6) is -0.888. The Morgan fingerprint density at radius 2 is 2.17 bits per heavy atom. The van der Waals surface area contributed by atoms with Gasteiger partial charge in [-0.05, 0) is 12.5 Å². The number of carboxylic acids is 1. The molecule has 0 spiro atoms. The summed E-state index contributed by atoms with van der Waals surface area (Å²) < 4.78 is 0. The molecule has 0 fully saturated rings. The molecule has 1 atom stereocenters. The summed E-state index contributed by atoms with van der Waals surface area (Å²) in [6.07, 6.45) is 1.42. The molecular formula is C13H16N2O3. The third-order valence-corrected chi connectivity index (χ3v) is 2.81. The summed E-state index contributed by atoms with van der Waals surface area (Å²) in [4.78, 5) is 13.5. The summed E-state index contributed by atoms with van der Waals surface area (Å²) in [5.41, 5.74) is 1.94. The summed E-state index contributed by atoms with van der Waals surface area (Å²) in [5, 5.41) is 22.3. The van der Waals surface area contributed by atoms with Gasteiger partial charge in [0, 0.05) is 30.1 Å². The molecule has 96 valence electrons. The SMILES string of the molecule is O=C(O)CCC(O)CNc1c[nH]c2ccccc12. The number of hydrogen-bond acceptors (Lipinski definition) is 3. The molecule has 18 heavy (non-hydrogen) atoms. The van der Waals surface area contributed by atoms with Crippen LogP contribution in [0, 0.1) is 0 Å². The molecule has 0 bridgehead atoms. The molecule has 0 aliphatic rings. The molecule has 1 unspecified atom stereocenters. The highest BCUT2D eigenvalue weighted by molar-refractivity contribution is 5.92. The minimum absolute atomic E-state index is 0.0171. The van der Waals surface area contributed by atoms with Crippen LogP contribution in [0.2, 0.25) is 0 Å². The fourth-order valence-corrected chi connectivity index (χ4v) is 1.84. The van der Waals surface area contributed by atoms with Crippen molar-refractivity contribution in [1.29, 1.82) is 0 Å². The molecule has 5 heteroatoms. The first kappa shape index (κ1) is 12.4. The second kappa shape index (κ2) is 5.55. The average Bonchev–Trinajstić information content (AvgIpc) is 2.77. The van der Waals surface area contributed by atoms with Crippen LogP contribution in [0.4, 0.5) is 5.69 Å². The van der Waals surface area contributed by atoms with E-state index < -0.39 is 12.1 Å². The molecule has 2 aromatic rings. The Balaban J connectivity index is 1.92. The Bertz CT molecular complexity index is 536. The van der Waals surface area contributed by atoms with Crippen molar-refractivity contribution in [2.45, 2.75) is 18.9 Å². The van der Waals surface area contributed by atoms with Gasteiger partial charge in [-0.3, -0.25) is 4.79 Å². The van der Waals surface area contributed by atoms with Gasteiger partial charge in [0.25, 0.3) is 0 Å². The lowest BCUT2D eigenvalue weighted by Gasteiger charge is -2.10. The van der Waals surface area contributed by atoms with E-state index in [1.165, 1.54) is 0 Å². The molecule has 0 saturated carbocycles. The number of aromatic nitrogens is 1. The monoisotopic (exact) mass is 248 g/mol. The first-order valence-electron chi connectivity index (χ1n) is 5.86. The van der Waals surface area contributed by atoms with Gasteiger partial charge in [0.1, 0.15) is 0 Å². The van der Waals surface area contributed by atoms with Gasteiger partial charge in [-0.15, -0.1) is 0 Å². The number of H-pyrrole nitrogens is 1. The van der Waals surface area contributed by atoms with E-state index >= 15 is 0 Å². The van der Waals surface area contributed by atoms with Crippen molar-refractivity contribution < 1.29 is 15.0 Å². The van der Waals surface area contributed by atoms with Crippen molar-refractivity contribution >= 4 is 22.6 Å². The molecule has 1 heterocycles. The summed E-state index contributed by atoms with van der Waals surface area (Å²) in [6.45, 7) is 0.342. The van der Waals surface area contributed by atoms with Crippen LogP contribution in [0.15, 0.2) is 30.5 Å². The maximum Gasteiger partial charge on any atom is 0.303 e. The minimum Gasteiger partial charge on any atom is -0.481 e. The molecule has 0 aliphatic heterocycles. The van der Waals surface area contributed by atoms with Gasteiger partial charge < -0.3 is 20.5 Å².